The quantitative estimate of drug-likeness (QED) is 0.585. The Morgan fingerprint density at radius 3 is 2.33 bits per heavy atom. The fourth-order valence-electron chi connectivity index (χ4n) is 4.04. The molecule has 33 heavy (non-hydrogen) atoms. The second-order valence-electron chi connectivity index (χ2n) is 8.49. The van der Waals surface area contributed by atoms with E-state index in [2.05, 4.69) is 23.0 Å². The van der Waals surface area contributed by atoms with Crippen LogP contribution in [0.3, 0.4) is 0 Å². The van der Waals surface area contributed by atoms with Crippen LogP contribution in [0.15, 0.2) is 54.6 Å². The van der Waals surface area contributed by atoms with E-state index in [0.29, 0.717) is 35.8 Å². The first-order valence-electron chi connectivity index (χ1n) is 10.9. The molecule has 1 saturated heterocycles. The van der Waals surface area contributed by atoms with Gasteiger partial charge >= 0.3 is 6.03 Å². The third-order valence-electron chi connectivity index (χ3n) is 6.03. The van der Waals surface area contributed by atoms with Crippen LogP contribution in [0.2, 0.25) is 0 Å². The molecule has 0 aromatic heterocycles. The third kappa shape index (κ3) is 4.97. The standard InChI is InChI=1S/C24H26N4O5/c1-16-11-13-24(14-12-16)22(31)28(23(32)26-24)27-20(29)15-25-21(30)17-7-9-19(10-8-17)33-18-5-3-2-4-6-18/h2-10,16H,11-15H2,1H3,(H,25,30)(H,26,32)(H,27,29). The molecule has 2 aromatic rings. The van der Waals surface area contributed by atoms with Gasteiger partial charge in [-0.2, -0.15) is 5.01 Å². The zero-order valence-electron chi connectivity index (χ0n) is 18.3. The highest BCUT2D eigenvalue weighted by molar-refractivity contribution is 6.08. The molecule has 4 rings (SSSR count). The Morgan fingerprint density at radius 1 is 1.03 bits per heavy atom. The molecule has 1 aliphatic heterocycles. The van der Waals surface area contributed by atoms with Crippen molar-refractivity contribution in [1.29, 1.82) is 0 Å². The van der Waals surface area contributed by atoms with Gasteiger partial charge in [-0.05, 0) is 68.0 Å². The summed E-state index contributed by atoms with van der Waals surface area (Å²) >= 11 is 0. The van der Waals surface area contributed by atoms with Gasteiger partial charge in [-0.15, -0.1) is 0 Å². The van der Waals surface area contributed by atoms with Crippen molar-refractivity contribution in [2.75, 3.05) is 6.54 Å². The van der Waals surface area contributed by atoms with E-state index in [1.54, 1.807) is 24.3 Å². The molecule has 1 spiro atoms. The number of hydrogen-bond donors (Lipinski definition) is 3. The second-order valence-corrected chi connectivity index (χ2v) is 8.49. The van der Waals surface area contributed by atoms with Gasteiger partial charge in [0.1, 0.15) is 17.0 Å². The Kier molecular flexibility index (Phi) is 6.30. The number of nitrogens with one attached hydrogen (secondary N) is 3. The summed E-state index contributed by atoms with van der Waals surface area (Å²) in [6, 6.07) is 15.1. The number of carbonyl (C=O) groups is 4. The van der Waals surface area contributed by atoms with Gasteiger partial charge in [-0.3, -0.25) is 19.8 Å². The highest BCUT2D eigenvalue weighted by Gasteiger charge is 2.52. The van der Waals surface area contributed by atoms with Crippen molar-refractivity contribution in [2.45, 2.75) is 38.1 Å². The molecule has 1 saturated carbocycles. The summed E-state index contributed by atoms with van der Waals surface area (Å²) in [5, 5.41) is 5.94. The number of amides is 5. The lowest BCUT2D eigenvalue weighted by Gasteiger charge is -2.33. The fourth-order valence-corrected chi connectivity index (χ4v) is 4.04. The van der Waals surface area contributed by atoms with Gasteiger partial charge in [0.15, 0.2) is 0 Å². The van der Waals surface area contributed by atoms with Gasteiger partial charge < -0.3 is 15.4 Å². The number of imide groups is 1. The van der Waals surface area contributed by atoms with E-state index < -0.39 is 29.3 Å². The molecule has 9 heteroatoms. The molecule has 5 amide bonds. The molecular formula is C24H26N4O5. The van der Waals surface area contributed by atoms with E-state index in [1.807, 2.05) is 30.3 Å². The molecule has 0 radical (unpaired) electrons. The van der Waals surface area contributed by atoms with E-state index in [9.17, 15) is 19.2 Å². The van der Waals surface area contributed by atoms with E-state index in [4.69, 9.17) is 4.74 Å². The van der Waals surface area contributed by atoms with Crippen molar-refractivity contribution in [2.24, 2.45) is 5.92 Å². The summed E-state index contributed by atoms with van der Waals surface area (Å²) < 4.78 is 5.69. The average Bonchev–Trinajstić information content (AvgIpc) is 3.04. The first-order chi connectivity index (χ1) is 15.9. The zero-order valence-corrected chi connectivity index (χ0v) is 18.3. The van der Waals surface area contributed by atoms with Crippen LogP contribution in [0.4, 0.5) is 4.79 Å². The summed E-state index contributed by atoms with van der Waals surface area (Å²) in [7, 11) is 0. The molecule has 2 aliphatic rings. The van der Waals surface area contributed by atoms with Crippen LogP contribution in [0.5, 0.6) is 11.5 Å². The predicted molar refractivity (Wildman–Crippen MR) is 119 cm³/mol. The summed E-state index contributed by atoms with van der Waals surface area (Å²) in [6.07, 6.45) is 2.76. The van der Waals surface area contributed by atoms with Gasteiger partial charge in [0.05, 0.1) is 6.54 Å². The van der Waals surface area contributed by atoms with Crippen molar-refractivity contribution in [3.63, 3.8) is 0 Å². The normalized spacial score (nSPS) is 22.1. The monoisotopic (exact) mass is 450 g/mol. The van der Waals surface area contributed by atoms with Crippen molar-refractivity contribution >= 4 is 23.8 Å². The van der Waals surface area contributed by atoms with Crippen LogP contribution in [0.25, 0.3) is 0 Å². The second kappa shape index (κ2) is 9.32. The SMILES string of the molecule is CC1CCC2(CC1)NC(=O)N(NC(=O)CNC(=O)c1ccc(Oc3ccccc3)cc1)C2=O. The Hall–Kier alpha value is -3.88. The van der Waals surface area contributed by atoms with Gasteiger partial charge in [0.2, 0.25) is 0 Å². The van der Waals surface area contributed by atoms with Crippen molar-refractivity contribution < 1.29 is 23.9 Å². The largest absolute Gasteiger partial charge is 0.457 e. The summed E-state index contributed by atoms with van der Waals surface area (Å²) in [5.41, 5.74) is 1.70. The molecule has 0 atom stereocenters. The van der Waals surface area contributed by atoms with Gasteiger partial charge in [0.25, 0.3) is 17.7 Å². The Bertz CT molecular complexity index is 1050. The van der Waals surface area contributed by atoms with Crippen LogP contribution >= 0.6 is 0 Å². The topological polar surface area (TPSA) is 117 Å². The number of ether oxygens (including phenoxy) is 1. The maximum absolute atomic E-state index is 12.8. The van der Waals surface area contributed by atoms with Crippen LogP contribution in [-0.4, -0.2) is 40.8 Å². The maximum Gasteiger partial charge on any atom is 0.344 e. The molecule has 2 fully saturated rings. The smallest absolute Gasteiger partial charge is 0.344 e. The summed E-state index contributed by atoms with van der Waals surface area (Å²) in [6.45, 7) is 1.72. The third-order valence-corrected chi connectivity index (χ3v) is 6.03. The van der Waals surface area contributed by atoms with Crippen LogP contribution in [0.1, 0.15) is 43.0 Å². The van der Waals surface area contributed by atoms with Crippen LogP contribution < -0.4 is 20.8 Å². The number of hydrogen-bond acceptors (Lipinski definition) is 5. The highest BCUT2D eigenvalue weighted by atomic mass is 16.5. The molecule has 0 bridgehead atoms. The molecule has 1 aliphatic carbocycles. The fraction of sp³-hybridized carbons (Fsp3) is 0.333. The molecular weight excluding hydrogens is 424 g/mol. The Labute approximate surface area is 191 Å². The van der Waals surface area contributed by atoms with Crippen molar-refractivity contribution in [3.05, 3.63) is 60.2 Å². The highest BCUT2D eigenvalue weighted by Crippen LogP contribution is 2.35. The number of nitrogens with zero attached hydrogens (tertiary/aromatic N) is 1. The minimum atomic E-state index is -0.941. The number of urea groups is 1. The van der Waals surface area contributed by atoms with Crippen LogP contribution in [0, 0.1) is 5.92 Å². The van der Waals surface area contributed by atoms with E-state index in [-0.39, 0.29) is 6.54 Å². The summed E-state index contributed by atoms with van der Waals surface area (Å²) in [4.78, 5) is 49.7. The predicted octanol–water partition coefficient (Wildman–Crippen LogP) is 2.74. The van der Waals surface area contributed by atoms with Gasteiger partial charge in [-0.1, -0.05) is 25.1 Å². The van der Waals surface area contributed by atoms with E-state index >= 15 is 0 Å². The minimum Gasteiger partial charge on any atom is -0.457 e. The zero-order chi connectivity index (χ0) is 23.4. The number of carbonyl (C=O) groups excluding carboxylic acids is 4. The van der Waals surface area contributed by atoms with Crippen molar-refractivity contribution in [3.8, 4) is 11.5 Å². The lowest BCUT2D eigenvalue weighted by Crippen LogP contribution is -2.52. The maximum atomic E-state index is 12.8. The number of hydrazine groups is 1. The molecule has 3 N–H and O–H groups in total. The molecule has 0 unspecified atom stereocenters. The Balaban J connectivity index is 1.27. The van der Waals surface area contributed by atoms with E-state index in [0.717, 1.165) is 17.9 Å². The first kappa shape index (κ1) is 22.3. The lowest BCUT2D eigenvalue weighted by atomic mass is 9.77. The van der Waals surface area contributed by atoms with E-state index in [1.165, 1.54) is 0 Å². The average molecular weight is 450 g/mol. The molecule has 9 nitrogen and oxygen atoms in total. The molecule has 172 valence electrons. The molecule has 2 aromatic carbocycles. The number of benzene rings is 2. The summed E-state index contributed by atoms with van der Waals surface area (Å²) in [5.74, 6) is 0.158. The molecule has 1 heterocycles. The lowest BCUT2D eigenvalue weighted by molar-refractivity contribution is -0.139. The number of para-hydroxylation sites is 1. The van der Waals surface area contributed by atoms with Gasteiger partial charge in [0, 0.05) is 5.56 Å². The number of rotatable bonds is 6. The minimum absolute atomic E-state index is 0.341. The van der Waals surface area contributed by atoms with Gasteiger partial charge in [-0.25, -0.2) is 4.79 Å². The Morgan fingerprint density at radius 2 is 1.67 bits per heavy atom. The van der Waals surface area contributed by atoms with Crippen LogP contribution in [-0.2, 0) is 9.59 Å². The first-order valence-corrected chi connectivity index (χ1v) is 10.9. The van der Waals surface area contributed by atoms with Crippen molar-refractivity contribution in [1.82, 2.24) is 21.1 Å².